The van der Waals surface area contributed by atoms with E-state index in [1.54, 1.807) is 4.90 Å². The molecule has 0 radical (unpaired) electrons. The highest BCUT2D eigenvalue weighted by Gasteiger charge is 2.19. The third-order valence-electron chi connectivity index (χ3n) is 5.83. The van der Waals surface area contributed by atoms with Gasteiger partial charge in [0.05, 0.1) is 26.7 Å². The second-order valence-electron chi connectivity index (χ2n) is 8.04. The molecule has 2 aliphatic heterocycles. The number of likely N-dealkylation sites (N-methyl/N-ethyl adjacent to an activating group) is 1. The van der Waals surface area contributed by atoms with Crippen LogP contribution in [0.4, 0.5) is 0 Å². The Kier molecular flexibility index (Phi) is 5.74. The molecule has 0 aliphatic carbocycles. The Morgan fingerprint density at radius 1 is 1.00 bits per heavy atom. The van der Waals surface area contributed by atoms with Crippen molar-refractivity contribution in [3.05, 3.63) is 82.6 Å². The molecule has 2 aromatic rings. The number of hydrogen-bond acceptors (Lipinski definition) is 2. The highest BCUT2D eigenvalue weighted by molar-refractivity contribution is 5.93. The van der Waals surface area contributed by atoms with Gasteiger partial charge in [0.2, 0.25) is 0 Å². The van der Waals surface area contributed by atoms with E-state index < -0.39 is 0 Å². The zero-order valence-electron chi connectivity index (χ0n) is 16.6. The van der Waals surface area contributed by atoms with Crippen LogP contribution in [0.25, 0.3) is 0 Å². The van der Waals surface area contributed by atoms with Crippen LogP contribution < -0.4 is 20.7 Å². The first kappa shape index (κ1) is 18.7. The predicted octanol–water partition coefficient (Wildman–Crippen LogP) is -0.135. The second-order valence-corrected chi connectivity index (χ2v) is 8.04. The zero-order valence-corrected chi connectivity index (χ0v) is 16.6. The molecule has 2 aliphatic rings. The first-order chi connectivity index (χ1) is 13.7. The van der Waals surface area contributed by atoms with Crippen LogP contribution in [0.3, 0.4) is 0 Å². The van der Waals surface area contributed by atoms with Crippen LogP contribution in [0, 0.1) is 0 Å². The van der Waals surface area contributed by atoms with Crippen molar-refractivity contribution >= 4 is 5.91 Å². The van der Waals surface area contributed by atoms with Gasteiger partial charge in [-0.3, -0.25) is 10.2 Å². The standard InChI is InChI=1S/C23H28N4O/c1-26-13-11-22(12-14-26)24-25-23(28)20-8-6-18(7-9-20)16-27-15-10-19-4-2-3-5-21(19)17-27/h2-9,11,24H,10,12-17H2,1H3,(H,25,28)/p+2. The Bertz CT molecular complexity index is 859. The number of fused-ring (bicyclic) bond motifs is 1. The van der Waals surface area contributed by atoms with Gasteiger partial charge in [0.25, 0.3) is 5.91 Å². The van der Waals surface area contributed by atoms with Crippen molar-refractivity contribution in [3.8, 4) is 0 Å². The van der Waals surface area contributed by atoms with Gasteiger partial charge in [-0.1, -0.05) is 36.4 Å². The summed E-state index contributed by atoms with van der Waals surface area (Å²) in [4.78, 5) is 15.4. The molecule has 0 aromatic heterocycles. The lowest BCUT2D eigenvalue weighted by atomic mass is 9.99. The molecule has 2 heterocycles. The molecule has 1 amide bonds. The van der Waals surface area contributed by atoms with E-state index in [1.807, 2.05) is 12.1 Å². The Balaban J connectivity index is 1.29. The summed E-state index contributed by atoms with van der Waals surface area (Å²) in [6.45, 7) is 5.32. The second kappa shape index (κ2) is 8.59. The molecule has 5 heteroatoms. The molecule has 2 atom stereocenters. The van der Waals surface area contributed by atoms with Crippen LogP contribution >= 0.6 is 0 Å². The predicted molar refractivity (Wildman–Crippen MR) is 110 cm³/mol. The van der Waals surface area contributed by atoms with Crippen molar-refractivity contribution in [2.24, 2.45) is 0 Å². The van der Waals surface area contributed by atoms with Crippen LogP contribution in [0.2, 0.25) is 0 Å². The molecule has 4 N–H and O–H groups in total. The third kappa shape index (κ3) is 4.61. The summed E-state index contributed by atoms with van der Waals surface area (Å²) in [6, 6.07) is 16.8. The Morgan fingerprint density at radius 2 is 1.79 bits per heavy atom. The third-order valence-corrected chi connectivity index (χ3v) is 5.83. The largest absolute Gasteiger partial charge is 0.334 e. The summed E-state index contributed by atoms with van der Waals surface area (Å²) in [6.07, 6.45) is 4.26. The number of carbonyl (C=O) groups is 1. The average molecular weight is 379 g/mol. The van der Waals surface area contributed by atoms with Gasteiger partial charge in [-0.05, 0) is 23.8 Å². The van der Waals surface area contributed by atoms with Crippen LogP contribution in [-0.2, 0) is 19.5 Å². The molecule has 2 aromatic carbocycles. The number of nitrogens with one attached hydrogen (secondary N) is 4. The molecule has 4 rings (SSSR count). The lowest BCUT2D eigenvalue weighted by Gasteiger charge is -2.26. The zero-order chi connectivity index (χ0) is 19.3. The van der Waals surface area contributed by atoms with Crippen LogP contribution in [0.15, 0.2) is 60.3 Å². The van der Waals surface area contributed by atoms with Crippen molar-refractivity contribution in [3.63, 3.8) is 0 Å². The van der Waals surface area contributed by atoms with Gasteiger partial charge in [0.1, 0.15) is 13.1 Å². The number of hydrogen-bond donors (Lipinski definition) is 4. The lowest BCUT2D eigenvalue weighted by Crippen LogP contribution is -3.10. The van der Waals surface area contributed by atoms with Crippen molar-refractivity contribution in [2.45, 2.75) is 25.9 Å². The number of amides is 1. The smallest absolute Gasteiger partial charge is 0.269 e. The summed E-state index contributed by atoms with van der Waals surface area (Å²) in [7, 11) is 2.18. The number of rotatable bonds is 5. The van der Waals surface area contributed by atoms with E-state index in [2.05, 4.69) is 60.4 Å². The maximum Gasteiger partial charge on any atom is 0.269 e. The first-order valence-corrected chi connectivity index (χ1v) is 10.2. The molecule has 146 valence electrons. The number of carbonyl (C=O) groups excluding carboxylic acids is 1. The van der Waals surface area contributed by atoms with E-state index in [0.717, 1.165) is 51.3 Å². The van der Waals surface area contributed by atoms with Gasteiger partial charge in [0.15, 0.2) is 0 Å². The van der Waals surface area contributed by atoms with Crippen molar-refractivity contribution < 1.29 is 14.6 Å². The maximum atomic E-state index is 12.4. The molecular weight excluding hydrogens is 348 g/mol. The Labute approximate surface area is 167 Å². The minimum absolute atomic E-state index is 0.0852. The summed E-state index contributed by atoms with van der Waals surface area (Å²) in [5.74, 6) is -0.0852. The maximum absolute atomic E-state index is 12.4. The van der Waals surface area contributed by atoms with Gasteiger partial charge < -0.3 is 15.2 Å². The van der Waals surface area contributed by atoms with Gasteiger partial charge in [0, 0.05) is 35.2 Å². The highest BCUT2D eigenvalue weighted by atomic mass is 16.2. The average Bonchev–Trinajstić information content (AvgIpc) is 2.73. The lowest BCUT2D eigenvalue weighted by molar-refractivity contribution is -0.929. The van der Waals surface area contributed by atoms with E-state index in [-0.39, 0.29) is 5.91 Å². The molecule has 5 nitrogen and oxygen atoms in total. The minimum atomic E-state index is -0.0852. The van der Waals surface area contributed by atoms with Gasteiger partial charge >= 0.3 is 0 Å². The fourth-order valence-corrected chi connectivity index (χ4v) is 4.03. The van der Waals surface area contributed by atoms with Crippen molar-refractivity contribution in [2.75, 3.05) is 26.7 Å². The van der Waals surface area contributed by atoms with E-state index in [9.17, 15) is 4.79 Å². The topological polar surface area (TPSA) is 50.0 Å². The SMILES string of the molecule is C[NH+]1CC=C(NNC(=O)c2ccc(C[NH+]3CCc4ccccc4C3)cc2)CC1. The highest BCUT2D eigenvalue weighted by Crippen LogP contribution is 2.11. The van der Waals surface area contributed by atoms with Crippen LogP contribution in [-0.4, -0.2) is 32.6 Å². The molecule has 0 spiro atoms. The summed E-state index contributed by atoms with van der Waals surface area (Å²) < 4.78 is 0. The van der Waals surface area contributed by atoms with Crippen LogP contribution in [0.1, 0.15) is 33.5 Å². The molecule has 28 heavy (non-hydrogen) atoms. The van der Waals surface area contributed by atoms with Gasteiger partial charge in [-0.2, -0.15) is 0 Å². The van der Waals surface area contributed by atoms with Crippen LogP contribution in [0.5, 0.6) is 0 Å². The van der Waals surface area contributed by atoms with E-state index >= 15 is 0 Å². The van der Waals surface area contributed by atoms with E-state index in [0.29, 0.717) is 5.56 Å². The minimum Gasteiger partial charge on any atom is -0.334 e. The number of benzene rings is 2. The number of quaternary nitrogens is 2. The van der Waals surface area contributed by atoms with E-state index in [4.69, 9.17) is 0 Å². The molecular formula is C23H30N4O+2. The molecule has 0 saturated carbocycles. The molecule has 0 saturated heterocycles. The summed E-state index contributed by atoms with van der Waals surface area (Å²) >= 11 is 0. The van der Waals surface area contributed by atoms with Crippen molar-refractivity contribution in [1.29, 1.82) is 0 Å². The normalized spacial score (nSPS) is 21.4. The Morgan fingerprint density at radius 3 is 2.54 bits per heavy atom. The monoisotopic (exact) mass is 378 g/mol. The first-order valence-electron chi connectivity index (χ1n) is 10.2. The quantitative estimate of drug-likeness (QED) is 0.548. The molecule has 0 fully saturated rings. The van der Waals surface area contributed by atoms with E-state index in [1.165, 1.54) is 21.6 Å². The molecule has 0 bridgehead atoms. The fraction of sp³-hybridized carbons (Fsp3) is 0.348. The summed E-state index contributed by atoms with van der Waals surface area (Å²) in [5.41, 5.74) is 11.9. The van der Waals surface area contributed by atoms with Crippen molar-refractivity contribution in [1.82, 2.24) is 10.9 Å². The van der Waals surface area contributed by atoms with Gasteiger partial charge in [-0.15, -0.1) is 0 Å². The molecule has 2 unspecified atom stereocenters. The fourth-order valence-electron chi connectivity index (χ4n) is 4.03. The number of hydrazine groups is 1. The summed E-state index contributed by atoms with van der Waals surface area (Å²) in [5, 5.41) is 0. The van der Waals surface area contributed by atoms with Gasteiger partial charge in [-0.25, -0.2) is 0 Å². The Hall–Kier alpha value is -2.63.